The third kappa shape index (κ3) is 10.1. The van der Waals surface area contributed by atoms with Crippen LogP contribution in [0.4, 0.5) is 0 Å². The standard InChI is InChI=1S/C27H44N2/c1-3-5-7-8-9-10-11-16-23-29-24-26(28-27(29)22-13-6-4-2)21-17-20-25-18-14-12-15-19-25/h12,14-15,18-19,24H,3-11,13,16-17,20-23H2,1-2H3. The van der Waals surface area contributed by atoms with Gasteiger partial charge in [-0.3, -0.25) is 0 Å². The van der Waals surface area contributed by atoms with E-state index in [4.69, 9.17) is 4.98 Å². The number of hydrogen-bond acceptors (Lipinski definition) is 1. The fourth-order valence-corrected chi connectivity index (χ4v) is 4.09. The van der Waals surface area contributed by atoms with Crippen molar-refractivity contribution in [2.45, 2.75) is 117 Å². The summed E-state index contributed by atoms with van der Waals surface area (Å²) in [5.74, 6) is 1.33. The van der Waals surface area contributed by atoms with Crippen LogP contribution in [-0.2, 0) is 25.8 Å². The SMILES string of the molecule is CCCCCCCCCCn1cc(CCCc2ccccc2)nc1CCCCC. The van der Waals surface area contributed by atoms with Crippen LogP contribution in [0, 0.1) is 0 Å². The predicted molar refractivity (Wildman–Crippen MR) is 127 cm³/mol. The van der Waals surface area contributed by atoms with Crippen LogP contribution in [0.2, 0.25) is 0 Å². The molecule has 2 aromatic rings. The van der Waals surface area contributed by atoms with Crippen molar-refractivity contribution < 1.29 is 0 Å². The Hall–Kier alpha value is -1.57. The molecular weight excluding hydrogens is 352 g/mol. The van der Waals surface area contributed by atoms with Crippen molar-refractivity contribution in [3.05, 3.63) is 53.6 Å². The van der Waals surface area contributed by atoms with E-state index in [1.54, 1.807) is 0 Å². The van der Waals surface area contributed by atoms with E-state index in [-0.39, 0.29) is 0 Å². The number of hydrogen-bond donors (Lipinski definition) is 0. The third-order valence-electron chi connectivity index (χ3n) is 5.91. The van der Waals surface area contributed by atoms with Crippen LogP contribution in [-0.4, -0.2) is 9.55 Å². The first kappa shape index (κ1) is 23.7. The average molecular weight is 397 g/mol. The van der Waals surface area contributed by atoms with E-state index in [0.717, 1.165) is 25.8 Å². The summed E-state index contributed by atoms with van der Waals surface area (Å²) in [5, 5.41) is 0. The van der Waals surface area contributed by atoms with E-state index >= 15 is 0 Å². The summed E-state index contributed by atoms with van der Waals surface area (Å²) >= 11 is 0. The molecule has 2 rings (SSSR count). The quantitative estimate of drug-likeness (QED) is 0.248. The minimum absolute atomic E-state index is 1.10. The summed E-state index contributed by atoms with van der Waals surface area (Å²) in [6.45, 7) is 5.73. The Morgan fingerprint density at radius 2 is 1.31 bits per heavy atom. The molecule has 0 unspecified atom stereocenters. The van der Waals surface area contributed by atoms with Crippen LogP contribution in [0.15, 0.2) is 36.5 Å². The van der Waals surface area contributed by atoms with E-state index in [9.17, 15) is 0 Å². The Morgan fingerprint density at radius 3 is 2.03 bits per heavy atom. The van der Waals surface area contributed by atoms with Crippen molar-refractivity contribution >= 4 is 0 Å². The molecule has 162 valence electrons. The van der Waals surface area contributed by atoms with Gasteiger partial charge in [-0.25, -0.2) is 4.98 Å². The molecule has 0 saturated carbocycles. The van der Waals surface area contributed by atoms with Crippen molar-refractivity contribution in [2.24, 2.45) is 0 Å². The molecule has 2 heteroatoms. The molecule has 0 spiro atoms. The van der Waals surface area contributed by atoms with Gasteiger partial charge in [-0.1, -0.05) is 102 Å². The second-order valence-corrected chi connectivity index (χ2v) is 8.61. The lowest BCUT2D eigenvalue weighted by Crippen LogP contribution is -2.03. The van der Waals surface area contributed by atoms with Crippen LogP contribution in [0.25, 0.3) is 0 Å². The highest BCUT2D eigenvalue weighted by atomic mass is 15.1. The van der Waals surface area contributed by atoms with Gasteiger partial charge in [0.25, 0.3) is 0 Å². The number of rotatable bonds is 17. The monoisotopic (exact) mass is 396 g/mol. The first-order chi connectivity index (χ1) is 14.3. The Labute approximate surface area is 180 Å². The predicted octanol–water partition coefficient (Wildman–Crippen LogP) is 7.93. The lowest BCUT2D eigenvalue weighted by Gasteiger charge is -2.07. The summed E-state index contributed by atoms with van der Waals surface area (Å²) in [6, 6.07) is 10.8. The highest BCUT2D eigenvalue weighted by molar-refractivity contribution is 5.15. The Bertz CT molecular complexity index is 629. The third-order valence-corrected chi connectivity index (χ3v) is 5.91. The van der Waals surface area contributed by atoms with Gasteiger partial charge in [-0.05, 0) is 37.7 Å². The van der Waals surface area contributed by atoms with E-state index in [1.165, 1.54) is 94.1 Å². The Kier molecular flexibility index (Phi) is 12.5. The van der Waals surface area contributed by atoms with Gasteiger partial charge in [-0.15, -0.1) is 0 Å². The van der Waals surface area contributed by atoms with E-state index in [2.05, 4.69) is 54.9 Å². The molecule has 2 nitrogen and oxygen atoms in total. The first-order valence-corrected chi connectivity index (χ1v) is 12.4. The van der Waals surface area contributed by atoms with Crippen molar-refractivity contribution in [2.75, 3.05) is 0 Å². The Balaban J connectivity index is 1.76. The fraction of sp³-hybridized carbons (Fsp3) is 0.667. The van der Waals surface area contributed by atoms with Gasteiger partial charge in [0.05, 0.1) is 5.69 Å². The molecule has 1 aromatic carbocycles. The Morgan fingerprint density at radius 1 is 0.655 bits per heavy atom. The maximum absolute atomic E-state index is 5.02. The molecule has 0 aliphatic carbocycles. The van der Waals surface area contributed by atoms with E-state index in [0.29, 0.717) is 0 Å². The molecule has 0 aliphatic rings. The molecular formula is C27H44N2. The van der Waals surface area contributed by atoms with Crippen molar-refractivity contribution in [1.29, 1.82) is 0 Å². The van der Waals surface area contributed by atoms with Gasteiger partial charge in [0.1, 0.15) is 5.82 Å². The van der Waals surface area contributed by atoms with E-state index < -0.39 is 0 Å². The minimum atomic E-state index is 1.10. The molecule has 0 atom stereocenters. The molecule has 0 bridgehead atoms. The second-order valence-electron chi connectivity index (χ2n) is 8.61. The van der Waals surface area contributed by atoms with E-state index in [1.807, 2.05) is 0 Å². The zero-order valence-electron chi connectivity index (χ0n) is 19.2. The molecule has 0 N–H and O–H groups in total. The topological polar surface area (TPSA) is 17.8 Å². The first-order valence-electron chi connectivity index (χ1n) is 12.4. The van der Waals surface area contributed by atoms with Crippen LogP contribution in [0.1, 0.15) is 108 Å². The molecule has 0 saturated heterocycles. The number of aromatic nitrogens is 2. The zero-order valence-corrected chi connectivity index (χ0v) is 19.2. The second kappa shape index (κ2) is 15.3. The van der Waals surface area contributed by atoms with Crippen LogP contribution < -0.4 is 0 Å². The van der Waals surface area contributed by atoms with Crippen molar-refractivity contribution in [1.82, 2.24) is 9.55 Å². The van der Waals surface area contributed by atoms with Gasteiger partial charge in [0, 0.05) is 19.2 Å². The number of benzene rings is 1. The molecule has 0 fully saturated rings. The van der Waals surface area contributed by atoms with Gasteiger partial charge < -0.3 is 4.57 Å². The van der Waals surface area contributed by atoms with Gasteiger partial charge in [0.2, 0.25) is 0 Å². The van der Waals surface area contributed by atoms with Crippen molar-refractivity contribution in [3.63, 3.8) is 0 Å². The number of unbranched alkanes of at least 4 members (excludes halogenated alkanes) is 9. The van der Waals surface area contributed by atoms with Crippen LogP contribution in [0.5, 0.6) is 0 Å². The summed E-state index contributed by atoms with van der Waals surface area (Å²) < 4.78 is 2.48. The largest absolute Gasteiger partial charge is 0.335 e. The average Bonchev–Trinajstić information content (AvgIpc) is 3.13. The van der Waals surface area contributed by atoms with Gasteiger partial charge >= 0.3 is 0 Å². The molecule has 0 amide bonds. The highest BCUT2D eigenvalue weighted by Crippen LogP contribution is 2.14. The maximum atomic E-state index is 5.02. The molecule has 1 aromatic heterocycles. The minimum Gasteiger partial charge on any atom is -0.335 e. The maximum Gasteiger partial charge on any atom is 0.108 e. The molecule has 0 radical (unpaired) electrons. The van der Waals surface area contributed by atoms with Gasteiger partial charge in [-0.2, -0.15) is 0 Å². The molecule has 1 heterocycles. The van der Waals surface area contributed by atoms with Gasteiger partial charge in [0.15, 0.2) is 0 Å². The normalized spacial score (nSPS) is 11.2. The number of aryl methyl sites for hydroxylation is 4. The van der Waals surface area contributed by atoms with Crippen molar-refractivity contribution in [3.8, 4) is 0 Å². The number of imidazole rings is 1. The summed E-state index contributed by atoms with van der Waals surface area (Å²) in [5.41, 5.74) is 2.74. The fourth-order valence-electron chi connectivity index (χ4n) is 4.09. The summed E-state index contributed by atoms with van der Waals surface area (Å²) in [7, 11) is 0. The number of nitrogens with zero attached hydrogens (tertiary/aromatic N) is 2. The van der Waals surface area contributed by atoms with Crippen LogP contribution >= 0.6 is 0 Å². The summed E-state index contributed by atoms with van der Waals surface area (Å²) in [6.07, 6.45) is 21.9. The zero-order chi connectivity index (χ0) is 20.6. The lowest BCUT2D eigenvalue weighted by molar-refractivity contribution is 0.531. The highest BCUT2D eigenvalue weighted by Gasteiger charge is 2.08. The van der Waals surface area contributed by atoms with Crippen LogP contribution in [0.3, 0.4) is 0 Å². The molecule has 29 heavy (non-hydrogen) atoms. The molecule has 0 aliphatic heterocycles. The summed E-state index contributed by atoms with van der Waals surface area (Å²) in [4.78, 5) is 5.02. The smallest absolute Gasteiger partial charge is 0.108 e. The lowest BCUT2D eigenvalue weighted by atomic mass is 10.1.